The van der Waals surface area contributed by atoms with Crippen molar-refractivity contribution >= 4 is 28.9 Å². The number of aliphatic hydroxyl groups is 6. The van der Waals surface area contributed by atoms with E-state index in [4.69, 9.17) is 4.74 Å². The van der Waals surface area contributed by atoms with Crippen LogP contribution in [0.4, 0.5) is 22.0 Å². The maximum Gasteiger partial charge on any atom is 0.456 e. The summed E-state index contributed by atoms with van der Waals surface area (Å²) < 4.78 is 78.9. The van der Waals surface area contributed by atoms with Gasteiger partial charge in [0.2, 0.25) is 16.8 Å². The number of rotatable bonds is 21. The van der Waals surface area contributed by atoms with Crippen molar-refractivity contribution in [2.24, 2.45) is 10.8 Å². The summed E-state index contributed by atoms with van der Waals surface area (Å²) >= 11 is 0. The number of aliphatic hydroxyl groups excluding tert-OH is 4. The van der Waals surface area contributed by atoms with Crippen LogP contribution in [-0.2, 0) is 28.7 Å². The van der Waals surface area contributed by atoms with Crippen molar-refractivity contribution in [3.05, 3.63) is 63.3 Å². The third-order valence-corrected chi connectivity index (χ3v) is 7.18. The Morgan fingerprint density at radius 2 is 0.932 bits per heavy atom. The molecular weight excluding hydrogens is 611 g/mol. The van der Waals surface area contributed by atoms with Gasteiger partial charge in [-0.1, -0.05) is 32.9 Å². The highest BCUT2D eigenvalue weighted by Crippen LogP contribution is 2.62. The summed E-state index contributed by atoms with van der Waals surface area (Å²) in [5.41, 5.74) is -23.3. The van der Waals surface area contributed by atoms with Crippen LogP contribution >= 0.6 is 0 Å². The molecule has 0 aromatic heterocycles. The number of halogens is 5. The molecule has 0 saturated heterocycles. The quantitative estimate of drug-likeness (QED) is 0.0511. The molecule has 0 fully saturated rings. The van der Waals surface area contributed by atoms with Crippen LogP contribution in [-0.4, -0.2) is 121 Å². The largest absolute Gasteiger partial charge is 0.456 e. The second kappa shape index (κ2) is 14.0. The maximum absolute atomic E-state index is 15.7. The standard InChI is InChI=1S/C27H31F5O12/c1-6-16(37)23(42,17(38)7-2)22(14-36,25(43,20(41)10-5)26(28,29)27(30,31)32)24(18(39)8-3,19(40)9-4)44-15-21(11-33,12-34)13-35/h6-10,33-36,42-43H,1-5,11-15H2. The van der Waals surface area contributed by atoms with Crippen molar-refractivity contribution in [2.75, 3.05) is 33.0 Å². The zero-order valence-corrected chi connectivity index (χ0v) is 23.0. The summed E-state index contributed by atoms with van der Waals surface area (Å²) in [7, 11) is 0. The molecule has 0 heterocycles. The molecule has 44 heavy (non-hydrogen) atoms. The van der Waals surface area contributed by atoms with Gasteiger partial charge >= 0.3 is 12.1 Å². The van der Waals surface area contributed by atoms with Gasteiger partial charge in [-0.25, -0.2) is 0 Å². The van der Waals surface area contributed by atoms with Gasteiger partial charge < -0.3 is 35.4 Å². The molecule has 0 aliphatic rings. The van der Waals surface area contributed by atoms with Crippen LogP contribution in [0.2, 0.25) is 0 Å². The van der Waals surface area contributed by atoms with Crippen molar-refractivity contribution in [3.63, 3.8) is 0 Å². The number of ether oxygens (including phenoxy) is 1. The highest BCUT2D eigenvalue weighted by molar-refractivity contribution is 6.26. The van der Waals surface area contributed by atoms with Gasteiger partial charge in [0.25, 0.3) is 0 Å². The number of ketones is 5. The molecule has 246 valence electrons. The second-order valence-electron chi connectivity index (χ2n) is 9.34. The molecule has 0 rings (SSSR count). The van der Waals surface area contributed by atoms with E-state index >= 15 is 8.78 Å². The number of hydrogen-bond donors (Lipinski definition) is 6. The van der Waals surface area contributed by atoms with Crippen LogP contribution in [0, 0.1) is 10.8 Å². The first-order chi connectivity index (χ1) is 20.1. The Balaban J connectivity index is 9.58. The Morgan fingerprint density at radius 1 is 0.591 bits per heavy atom. The summed E-state index contributed by atoms with van der Waals surface area (Å²) in [5.74, 6) is -19.4. The highest BCUT2D eigenvalue weighted by atomic mass is 19.4. The normalized spacial score (nSPS) is 15.6. The van der Waals surface area contributed by atoms with E-state index in [1.165, 1.54) is 0 Å². The lowest BCUT2D eigenvalue weighted by Crippen LogP contribution is -2.87. The summed E-state index contributed by atoms with van der Waals surface area (Å²) in [6.45, 7) is 5.64. The summed E-state index contributed by atoms with van der Waals surface area (Å²) in [4.78, 5) is 66.9. The first-order valence-electron chi connectivity index (χ1n) is 11.9. The second-order valence-corrected chi connectivity index (χ2v) is 9.34. The molecule has 0 radical (unpaired) electrons. The van der Waals surface area contributed by atoms with Gasteiger partial charge in [0, 0.05) is 0 Å². The van der Waals surface area contributed by atoms with Gasteiger partial charge in [-0.05, 0) is 30.4 Å². The van der Waals surface area contributed by atoms with E-state index in [9.17, 15) is 67.8 Å². The molecule has 0 aliphatic carbocycles. The smallest absolute Gasteiger partial charge is 0.396 e. The maximum atomic E-state index is 15.7. The van der Waals surface area contributed by atoms with Crippen LogP contribution in [0.3, 0.4) is 0 Å². The topological polar surface area (TPSA) is 216 Å². The zero-order chi connectivity index (χ0) is 35.2. The Hall–Kier alpha value is -3.58. The van der Waals surface area contributed by atoms with Gasteiger partial charge in [-0.2, -0.15) is 22.0 Å². The number of hydrogen-bond acceptors (Lipinski definition) is 12. The number of alkyl halides is 5. The van der Waals surface area contributed by atoms with E-state index in [1.54, 1.807) is 0 Å². The van der Waals surface area contributed by atoms with Crippen molar-refractivity contribution in [3.8, 4) is 0 Å². The predicted molar refractivity (Wildman–Crippen MR) is 139 cm³/mol. The van der Waals surface area contributed by atoms with E-state index in [1.807, 2.05) is 0 Å². The minimum atomic E-state index is -7.12. The zero-order valence-electron chi connectivity index (χ0n) is 23.0. The predicted octanol–water partition coefficient (Wildman–Crippen LogP) is -0.881. The highest BCUT2D eigenvalue weighted by Gasteiger charge is 2.90. The van der Waals surface area contributed by atoms with Gasteiger partial charge in [0.15, 0.2) is 28.9 Å². The van der Waals surface area contributed by atoms with Gasteiger partial charge in [-0.3, -0.25) is 24.0 Å². The molecule has 0 spiro atoms. The first-order valence-corrected chi connectivity index (χ1v) is 11.9. The lowest BCUT2D eigenvalue weighted by Gasteiger charge is -2.59. The molecule has 0 amide bonds. The van der Waals surface area contributed by atoms with Crippen LogP contribution in [0.1, 0.15) is 0 Å². The average Bonchev–Trinajstić information content (AvgIpc) is 3.01. The third kappa shape index (κ3) is 5.33. The summed E-state index contributed by atoms with van der Waals surface area (Å²) in [5, 5.41) is 63.2. The fourth-order valence-electron chi connectivity index (χ4n) is 4.58. The Morgan fingerprint density at radius 3 is 1.18 bits per heavy atom. The lowest BCUT2D eigenvalue weighted by atomic mass is 9.46. The van der Waals surface area contributed by atoms with Crippen molar-refractivity contribution < 1.29 is 81.3 Å². The third-order valence-electron chi connectivity index (χ3n) is 7.18. The van der Waals surface area contributed by atoms with E-state index in [2.05, 4.69) is 32.9 Å². The molecule has 0 aromatic carbocycles. The SMILES string of the molecule is C=CC(=O)C(O)(C(=O)C=C)C(CO)(C(OCC(CO)(CO)CO)(C(=O)C=C)C(=O)C=C)C(O)(C(=O)C=C)C(F)(F)C(F)(F)F. The molecule has 12 nitrogen and oxygen atoms in total. The van der Waals surface area contributed by atoms with E-state index in [-0.39, 0.29) is 24.3 Å². The van der Waals surface area contributed by atoms with E-state index in [0.717, 1.165) is 0 Å². The molecular formula is C27H31F5O12. The Kier molecular flexibility index (Phi) is 12.9. The van der Waals surface area contributed by atoms with Crippen LogP contribution in [0.25, 0.3) is 0 Å². The van der Waals surface area contributed by atoms with Crippen LogP contribution in [0.15, 0.2) is 63.3 Å². The van der Waals surface area contributed by atoms with Crippen molar-refractivity contribution in [1.29, 1.82) is 0 Å². The molecule has 0 aliphatic heterocycles. The van der Waals surface area contributed by atoms with E-state index < -0.39 is 108 Å². The van der Waals surface area contributed by atoms with Gasteiger partial charge in [0.05, 0.1) is 38.4 Å². The lowest BCUT2D eigenvalue weighted by molar-refractivity contribution is -0.377. The molecule has 2 atom stereocenters. The monoisotopic (exact) mass is 642 g/mol. The van der Waals surface area contributed by atoms with E-state index in [0.29, 0.717) is 0 Å². The average molecular weight is 643 g/mol. The fraction of sp³-hybridized carbons (Fsp3) is 0.444. The van der Waals surface area contributed by atoms with Crippen molar-refractivity contribution in [1.82, 2.24) is 0 Å². The molecule has 2 unspecified atom stereocenters. The minimum Gasteiger partial charge on any atom is -0.396 e. The first kappa shape index (κ1) is 40.4. The fourth-order valence-corrected chi connectivity index (χ4v) is 4.58. The van der Waals surface area contributed by atoms with Crippen molar-refractivity contribution in [2.45, 2.75) is 28.9 Å². The summed E-state index contributed by atoms with van der Waals surface area (Å²) in [6, 6.07) is 0. The Labute approximate surface area is 246 Å². The van der Waals surface area contributed by atoms with Gasteiger partial charge in [0.1, 0.15) is 5.41 Å². The minimum absolute atomic E-state index is 0.0773. The molecule has 0 aromatic rings. The Bertz CT molecular complexity index is 1170. The molecule has 6 N–H and O–H groups in total. The van der Waals surface area contributed by atoms with Crippen LogP contribution < -0.4 is 0 Å². The number of carbonyl (C=O) groups excluding carboxylic acids is 5. The number of carbonyl (C=O) groups is 5. The van der Waals surface area contributed by atoms with Gasteiger partial charge in [-0.15, -0.1) is 0 Å². The molecule has 0 bridgehead atoms. The summed E-state index contributed by atoms with van der Waals surface area (Å²) in [6.07, 6.45) is -7.98. The molecule has 17 heteroatoms. The molecule has 0 saturated carbocycles. The van der Waals surface area contributed by atoms with Crippen LogP contribution in [0.5, 0.6) is 0 Å².